The minimum atomic E-state index is -0.987. The van der Waals surface area contributed by atoms with Gasteiger partial charge in [-0.3, -0.25) is 4.79 Å². The van der Waals surface area contributed by atoms with Gasteiger partial charge in [-0.15, -0.1) is 0 Å². The molecule has 0 bridgehead atoms. The van der Waals surface area contributed by atoms with E-state index in [-0.39, 0.29) is 5.91 Å². The number of aromatic nitrogens is 2. The lowest BCUT2D eigenvalue weighted by Crippen LogP contribution is -2.57. The number of rotatable bonds is 4. The number of nitrogens with zero attached hydrogens (tertiary/aromatic N) is 3. The van der Waals surface area contributed by atoms with E-state index < -0.39 is 11.7 Å². The first kappa shape index (κ1) is 17.0. The molecule has 1 aliphatic heterocycles. The number of benzene rings is 1. The third-order valence-corrected chi connectivity index (χ3v) is 5.14. The van der Waals surface area contributed by atoms with Crippen LogP contribution in [0.25, 0.3) is 0 Å². The third-order valence-electron chi connectivity index (χ3n) is 5.14. The Bertz CT molecular complexity index is 773. The largest absolute Gasteiger partial charge is 0.486 e. The molecule has 1 saturated heterocycles. The van der Waals surface area contributed by atoms with Crippen LogP contribution in [0.4, 0.5) is 0 Å². The van der Waals surface area contributed by atoms with Gasteiger partial charge in [-0.25, -0.2) is 9.97 Å². The third kappa shape index (κ3) is 3.55. The molecule has 1 aromatic heterocycles. The predicted molar refractivity (Wildman–Crippen MR) is 96.0 cm³/mol. The Labute approximate surface area is 152 Å². The molecule has 2 heterocycles. The van der Waals surface area contributed by atoms with Crippen LogP contribution in [0.5, 0.6) is 5.75 Å². The van der Waals surface area contributed by atoms with Gasteiger partial charge in [0.05, 0.1) is 12.1 Å². The zero-order chi connectivity index (χ0) is 18.1. The normalized spacial score (nSPS) is 25.8. The summed E-state index contributed by atoms with van der Waals surface area (Å²) in [5, 5.41) is 10.7. The maximum absolute atomic E-state index is 12.8. The van der Waals surface area contributed by atoms with E-state index in [2.05, 4.69) is 9.97 Å². The molecule has 1 saturated carbocycles. The first-order valence-electron chi connectivity index (χ1n) is 9.08. The second kappa shape index (κ2) is 6.68. The number of carbonyl (C=O) groups is 1. The molecule has 6 nitrogen and oxygen atoms in total. The van der Waals surface area contributed by atoms with Crippen LogP contribution in [-0.4, -0.2) is 50.7 Å². The minimum absolute atomic E-state index is 0.121. The van der Waals surface area contributed by atoms with Crippen molar-refractivity contribution in [3.8, 4) is 5.75 Å². The molecule has 0 radical (unpaired) electrons. The number of ether oxygens (including phenoxy) is 1. The zero-order valence-electron chi connectivity index (χ0n) is 14.8. The predicted octanol–water partition coefficient (Wildman–Crippen LogP) is 2.40. The van der Waals surface area contributed by atoms with Crippen LogP contribution in [0.2, 0.25) is 0 Å². The topological polar surface area (TPSA) is 75.5 Å². The summed E-state index contributed by atoms with van der Waals surface area (Å²) in [6, 6.07) is 9.37. The van der Waals surface area contributed by atoms with Crippen LogP contribution in [0.1, 0.15) is 48.3 Å². The van der Waals surface area contributed by atoms with E-state index >= 15 is 0 Å². The summed E-state index contributed by atoms with van der Waals surface area (Å²) in [6.45, 7) is 2.56. The van der Waals surface area contributed by atoms with Crippen LogP contribution in [-0.2, 0) is 0 Å². The number of hydrogen-bond donors (Lipinski definition) is 1. The van der Waals surface area contributed by atoms with Crippen molar-refractivity contribution >= 4 is 5.91 Å². The molecule has 0 spiro atoms. The van der Waals surface area contributed by atoms with Gasteiger partial charge in [-0.1, -0.05) is 18.2 Å². The highest BCUT2D eigenvalue weighted by Crippen LogP contribution is 2.37. The summed E-state index contributed by atoms with van der Waals surface area (Å²) in [6.07, 6.45) is 5.46. The summed E-state index contributed by atoms with van der Waals surface area (Å²) < 4.78 is 5.97. The number of para-hydroxylation sites is 1. The summed E-state index contributed by atoms with van der Waals surface area (Å²) in [5.74, 6) is 1.86. The molecular weight excluding hydrogens is 330 g/mol. The molecule has 1 amide bonds. The van der Waals surface area contributed by atoms with E-state index in [1.807, 2.05) is 30.3 Å². The lowest BCUT2D eigenvalue weighted by molar-refractivity contribution is -0.0881. The first-order valence-corrected chi connectivity index (χ1v) is 9.08. The Morgan fingerprint density at radius 1 is 1.23 bits per heavy atom. The molecule has 2 aliphatic rings. The molecule has 0 unspecified atom stereocenters. The van der Waals surface area contributed by atoms with Crippen LogP contribution in [0, 0.1) is 0 Å². The highest BCUT2D eigenvalue weighted by atomic mass is 16.5. The molecule has 4 rings (SSSR count). The highest BCUT2D eigenvalue weighted by molar-refractivity contribution is 5.93. The van der Waals surface area contributed by atoms with Gasteiger partial charge in [0.25, 0.3) is 5.91 Å². The van der Waals surface area contributed by atoms with Gasteiger partial charge in [0.1, 0.15) is 23.3 Å². The molecular formula is C20H23N3O3. The number of piperidine rings is 1. The fourth-order valence-corrected chi connectivity index (χ4v) is 3.21. The van der Waals surface area contributed by atoms with Gasteiger partial charge >= 0.3 is 0 Å². The molecule has 2 fully saturated rings. The Hall–Kier alpha value is -2.47. The second-order valence-electron chi connectivity index (χ2n) is 7.38. The Morgan fingerprint density at radius 2 is 1.92 bits per heavy atom. The number of aliphatic hydroxyl groups is 1. The molecule has 1 aliphatic carbocycles. The zero-order valence-corrected chi connectivity index (χ0v) is 14.8. The smallest absolute Gasteiger partial charge is 0.257 e. The summed E-state index contributed by atoms with van der Waals surface area (Å²) in [4.78, 5) is 23.2. The molecule has 1 N–H and O–H groups in total. The maximum Gasteiger partial charge on any atom is 0.257 e. The number of amides is 1. The lowest BCUT2D eigenvalue weighted by Gasteiger charge is -2.42. The van der Waals surface area contributed by atoms with E-state index in [9.17, 15) is 9.90 Å². The van der Waals surface area contributed by atoms with Crippen molar-refractivity contribution in [2.75, 3.05) is 13.1 Å². The second-order valence-corrected chi connectivity index (χ2v) is 7.38. The van der Waals surface area contributed by atoms with E-state index in [0.29, 0.717) is 36.7 Å². The Morgan fingerprint density at radius 3 is 2.58 bits per heavy atom. The monoisotopic (exact) mass is 353 g/mol. The van der Waals surface area contributed by atoms with Gasteiger partial charge in [0.15, 0.2) is 0 Å². The molecule has 1 aromatic carbocycles. The fraction of sp³-hybridized carbons (Fsp3) is 0.450. The molecule has 26 heavy (non-hydrogen) atoms. The number of hydrogen-bond acceptors (Lipinski definition) is 5. The maximum atomic E-state index is 12.8. The van der Waals surface area contributed by atoms with Crippen LogP contribution in [0.3, 0.4) is 0 Å². The Balaban J connectivity index is 1.47. The van der Waals surface area contributed by atoms with Crippen LogP contribution >= 0.6 is 0 Å². The number of carbonyl (C=O) groups excluding carboxylic acids is 1. The number of likely N-dealkylation sites (tertiary alicyclic amines) is 1. The summed E-state index contributed by atoms with van der Waals surface area (Å²) >= 11 is 0. The average Bonchev–Trinajstić information content (AvgIpc) is 3.49. The molecule has 2 atom stereocenters. The minimum Gasteiger partial charge on any atom is -0.486 e. The lowest BCUT2D eigenvalue weighted by atomic mass is 9.90. The van der Waals surface area contributed by atoms with Crippen molar-refractivity contribution in [1.82, 2.24) is 14.9 Å². The Kier molecular flexibility index (Phi) is 4.36. The summed E-state index contributed by atoms with van der Waals surface area (Å²) in [7, 11) is 0. The van der Waals surface area contributed by atoms with E-state index in [1.54, 1.807) is 24.2 Å². The van der Waals surface area contributed by atoms with Crippen LogP contribution in [0.15, 0.2) is 42.7 Å². The van der Waals surface area contributed by atoms with E-state index in [1.165, 1.54) is 0 Å². The van der Waals surface area contributed by atoms with E-state index in [4.69, 9.17) is 4.74 Å². The first-order chi connectivity index (χ1) is 12.5. The SMILES string of the molecule is C[C@@]1(O)CCN(C(=O)c2cnc(C3CC3)nc2)C[C@H]1Oc1ccccc1. The van der Waals surface area contributed by atoms with Gasteiger partial charge < -0.3 is 14.7 Å². The van der Waals surface area contributed by atoms with Crippen molar-refractivity contribution in [3.05, 3.63) is 54.1 Å². The van der Waals surface area contributed by atoms with Gasteiger partial charge in [0.2, 0.25) is 0 Å². The summed E-state index contributed by atoms with van der Waals surface area (Å²) in [5.41, 5.74) is -0.506. The van der Waals surface area contributed by atoms with Crippen LogP contribution < -0.4 is 4.74 Å². The van der Waals surface area contributed by atoms with Crippen molar-refractivity contribution in [1.29, 1.82) is 0 Å². The molecule has 136 valence electrons. The standard InChI is InChI=1S/C20H23N3O3/c1-20(25)9-10-23(13-17(20)26-16-5-3-2-4-6-16)19(24)15-11-21-18(22-12-15)14-7-8-14/h2-6,11-12,14,17,25H,7-10,13H2,1H3/t17-,20-/m1/s1. The van der Waals surface area contributed by atoms with E-state index in [0.717, 1.165) is 18.7 Å². The van der Waals surface area contributed by atoms with Gasteiger partial charge in [-0.05, 0) is 38.3 Å². The van der Waals surface area contributed by atoms with Gasteiger partial charge in [-0.2, -0.15) is 0 Å². The van der Waals surface area contributed by atoms with Crippen molar-refractivity contribution in [3.63, 3.8) is 0 Å². The highest BCUT2D eigenvalue weighted by Gasteiger charge is 2.41. The van der Waals surface area contributed by atoms with Crippen molar-refractivity contribution < 1.29 is 14.6 Å². The molecule has 2 aromatic rings. The average molecular weight is 353 g/mol. The van der Waals surface area contributed by atoms with Gasteiger partial charge in [0, 0.05) is 24.9 Å². The van der Waals surface area contributed by atoms with Crippen molar-refractivity contribution in [2.45, 2.75) is 43.8 Å². The fourth-order valence-electron chi connectivity index (χ4n) is 3.21. The molecule has 6 heteroatoms. The van der Waals surface area contributed by atoms with Crippen molar-refractivity contribution in [2.24, 2.45) is 0 Å². The quantitative estimate of drug-likeness (QED) is 0.913.